The number of carbonyl (C=O) groups excluding carboxylic acids is 3. The SMILES string of the molecule is O=C(C[C@@H]1Oc2ccccc2NC1=O)NNC(=O)c1ccccc1. The van der Waals surface area contributed by atoms with E-state index in [0.29, 0.717) is 17.0 Å². The van der Waals surface area contributed by atoms with Crippen molar-refractivity contribution in [2.75, 3.05) is 5.32 Å². The molecule has 1 atom stereocenters. The summed E-state index contributed by atoms with van der Waals surface area (Å²) in [6, 6.07) is 15.4. The summed E-state index contributed by atoms with van der Waals surface area (Å²) in [6.07, 6.45) is -1.16. The molecule has 3 amide bonds. The van der Waals surface area contributed by atoms with Crippen LogP contribution in [0, 0.1) is 0 Å². The number of nitrogens with one attached hydrogen (secondary N) is 3. The lowest BCUT2D eigenvalue weighted by Crippen LogP contribution is -2.46. The van der Waals surface area contributed by atoms with E-state index in [1.807, 2.05) is 0 Å². The van der Waals surface area contributed by atoms with Crippen molar-refractivity contribution in [3.05, 3.63) is 60.2 Å². The largest absolute Gasteiger partial charge is 0.478 e. The highest BCUT2D eigenvalue weighted by molar-refractivity contribution is 6.00. The van der Waals surface area contributed by atoms with E-state index in [4.69, 9.17) is 4.74 Å². The van der Waals surface area contributed by atoms with Crippen molar-refractivity contribution in [2.24, 2.45) is 0 Å². The Kier molecular flexibility index (Phi) is 4.42. The molecule has 0 aliphatic carbocycles. The number of hydrogen-bond donors (Lipinski definition) is 3. The van der Waals surface area contributed by atoms with Crippen LogP contribution in [0.25, 0.3) is 0 Å². The van der Waals surface area contributed by atoms with Crippen LogP contribution >= 0.6 is 0 Å². The fourth-order valence-electron chi connectivity index (χ4n) is 2.23. The molecule has 24 heavy (non-hydrogen) atoms. The summed E-state index contributed by atoms with van der Waals surface area (Å²) in [4.78, 5) is 35.7. The molecule has 0 aromatic heterocycles. The minimum atomic E-state index is -0.950. The molecule has 3 rings (SSSR count). The molecule has 7 heteroatoms. The molecule has 7 nitrogen and oxygen atoms in total. The van der Waals surface area contributed by atoms with Crippen molar-refractivity contribution in [2.45, 2.75) is 12.5 Å². The van der Waals surface area contributed by atoms with Crippen LogP contribution in [-0.2, 0) is 9.59 Å². The maximum absolute atomic E-state index is 11.9. The molecule has 3 N–H and O–H groups in total. The van der Waals surface area contributed by atoms with Gasteiger partial charge in [0, 0.05) is 5.56 Å². The van der Waals surface area contributed by atoms with Gasteiger partial charge in [0.15, 0.2) is 6.10 Å². The van der Waals surface area contributed by atoms with Gasteiger partial charge >= 0.3 is 0 Å². The summed E-state index contributed by atoms with van der Waals surface area (Å²) in [5, 5.41) is 2.67. The third kappa shape index (κ3) is 3.52. The first kappa shape index (κ1) is 15.5. The first-order valence-corrected chi connectivity index (χ1v) is 7.34. The normalized spacial score (nSPS) is 15.5. The molecule has 0 saturated heterocycles. The molecule has 0 spiro atoms. The van der Waals surface area contributed by atoms with Crippen LogP contribution in [0.4, 0.5) is 5.69 Å². The number of hydrazine groups is 1. The summed E-state index contributed by atoms with van der Waals surface area (Å²) in [5.41, 5.74) is 5.55. The maximum atomic E-state index is 11.9. The molecule has 0 bridgehead atoms. The van der Waals surface area contributed by atoms with Crippen LogP contribution in [-0.4, -0.2) is 23.8 Å². The molecular formula is C17H15N3O4. The average Bonchev–Trinajstić information content (AvgIpc) is 2.61. The predicted octanol–water partition coefficient (Wildman–Crippen LogP) is 1.24. The minimum absolute atomic E-state index is 0.213. The molecular weight excluding hydrogens is 310 g/mol. The molecule has 0 radical (unpaired) electrons. The van der Waals surface area contributed by atoms with E-state index < -0.39 is 23.8 Å². The molecule has 1 heterocycles. The number of amides is 3. The second kappa shape index (κ2) is 6.82. The van der Waals surface area contributed by atoms with Crippen LogP contribution in [0.1, 0.15) is 16.8 Å². The molecule has 2 aromatic carbocycles. The molecule has 2 aromatic rings. The van der Waals surface area contributed by atoms with Crippen molar-refractivity contribution in [3.63, 3.8) is 0 Å². The first-order valence-electron chi connectivity index (χ1n) is 7.34. The minimum Gasteiger partial charge on any atom is -0.478 e. The highest BCUT2D eigenvalue weighted by atomic mass is 16.5. The molecule has 1 aliphatic rings. The van der Waals surface area contributed by atoms with Gasteiger partial charge in [0.1, 0.15) is 5.75 Å². The lowest BCUT2D eigenvalue weighted by atomic mass is 10.1. The van der Waals surface area contributed by atoms with Gasteiger partial charge in [-0.25, -0.2) is 0 Å². The molecule has 0 unspecified atom stereocenters. The zero-order chi connectivity index (χ0) is 16.9. The van der Waals surface area contributed by atoms with Gasteiger partial charge in [-0.3, -0.25) is 25.2 Å². The smallest absolute Gasteiger partial charge is 0.269 e. The van der Waals surface area contributed by atoms with E-state index >= 15 is 0 Å². The lowest BCUT2D eigenvalue weighted by Gasteiger charge is -2.25. The Labute approximate surface area is 138 Å². The average molecular weight is 325 g/mol. The molecule has 0 saturated carbocycles. The van der Waals surface area contributed by atoms with Crippen LogP contribution in [0.15, 0.2) is 54.6 Å². The number of fused-ring (bicyclic) bond motifs is 1. The van der Waals surface area contributed by atoms with Crippen LogP contribution < -0.4 is 20.9 Å². The number of rotatable bonds is 3. The molecule has 1 aliphatic heterocycles. The monoisotopic (exact) mass is 325 g/mol. The second-order valence-electron chi connectivity index (χ2n) is 5.16. The van der Waals surface area contributed by atoms with Gasteiger partial charge in [0.05, 0.1) is 12.1 Å². The zero-order valence-electron chi connectivity index (χ0n) is 12.6. The standard InChI is InChI=1S/C17H15N3O4/c21-15(19-20-16(22)11-6-2-1-3-7-11)10-14-17(23)18-12-8-4-5-9-13(12)24-14/h1-9,14H,10H2,(H,18,23)(H,19,21)(H,20,22)/t14-/m0/s1. The Bertz CT molecular complexity index is 776. The number of para-hydroxylation sites is 2. The van der Waals surface area contributed by atoms with Gasteiger partial charge in [0.2, 0.25) is 5.91 Å². The van der Waals surface area contributed by atoms with Gasteiger partial charge in [-0.1, -0.05) is 30.3 Å². The van der Waals surface area contributed by atoms with Crippen LogP contribution in [0.5, 0.6) is 5.75 Å². The summed E-state index contributed by atoms with van der Waals surface area (Å²) in [7, 11) is 0. The zero-order valence-corrected chi connectivity index (χ0v) is 12.6. The number of ether oxygens (including phenoxy) is 1. The molecule has 122 valence electrons. The van der Waals surface area contributed by atoms with Gasteiger partial charge in [-0.05, 0) is 24.3 Å². The van der Waals surface area contributed by atoms with Gasteiger partial charge < -0.3 is 10.1 Å². The van der Waals surface area contributed by atoms with E-state index in [1.165, 1.54) is 0 Å². The van der Waals surface area contributed by atoms with Crippen molar-refractivity contribution >= 4 is 23.4 Å². The number of benzene rings is 2. The topological polar surface area (TPSA) is 96.5 Å². The lowest BCUT2D eigenvalue weighted by molar-refractivity contribution is -0.130. The van der Waals surface area contributed by atoms with Crippen LogP contribution in [0.2, 0.25) is 0 Å². The van der Waals surface area contributed by atoms with Crippen molar-refractivity contribution in [1.82, 2.24) is 10.9 Å². The number of hydrogen-bond acceptors (Lipinski definition) is 4. The highest BCUT2D eigenvalue weighted by Gasteiger charge is 2.29. The predicted molar refractivity (Wildman–Crippen MR) is 86.2 cm³/mol. The van der Waals surface area contributed by atoms with Gasteiger partial charge in [-0.15, -0.1) is 0 Å². The Morgan fingerprint density at radius 3 is 2.50 bits per heavy atom. The Morgan fingerprint density at radius 2 is 1.71 bits per heavy atom. The maximum Gasteiger partial charge on any atom is 0.269 e. The van der Waals surface area contributed by atoms with Gasteiger partial charge in [0.25, 0.3) is 11.8 Å². The van der Waals surface area contributed by atoms with Crippen molar-refractivity contribution in [1.29, 1.82) is 0 Å². The summed E-state index contributed by atoms with van der Waals surface area (Å²) in [5.74, 6) is -0.872. The van der Waals surface area contributed by atoms with Crippen molar-refractivity contribution < 1.29 is 19.1 Å². The summed E-state index contributed by atoms with van der Waals surface area (Å²) < 4.78 is 5.52. The van der Waals surface area contributed by atoms with E-state index in [2.05, 4.69) is 16.2 Å². The fraction of sp³-hybridized carbons (Fsp3) is 0.118. The summed E-state index contributed by atoms with van der Waals surface area (Å²) in [6.45, 7) is 0. The first-order chi connectivity index (χ1) is 11.6. The van der Waals surface area contributed by atoms with Gasteiger partial charge in [-0.2, -0.15) is 0 Å². The van der Waals surface area contributed by atoms with Crippen molar-refractivity contribution in [3.8, 4) is 5.75 Å². The van der Waals surface area contributed by atoms with Crippen LogP contribution in [0.3, 0.4) is 0 Å². The summed E-state index contributed by atoms with van der Waals surface area (Å²) >= 11 is 0. The Morgan fingerprint density at radius 1 is 1.00 bits per heavy atom. The molecule has 0 fully saturated rings. The third-order valence-corrected chi connectivity index (χ3v) is 3.43. The number of carbonyl (C=O) groups is 3. The van der Waals surface area contributed by atoms with E-state index in [9.17, 15) is 14.4 Å². The quantitative estimate of drug-likeness (QED) is 0.740. The Balaban J connectivity index is 1.54. The second-order valence-corrected chi connectivity index (χ2v) is 5.16. The van der Waals surface area contributed by atoms with E-state index in [0.717, 1.165) is 0 Å². The van der Waals surface area contributed by atoms with E-state index in [-0.39, 0.29) is 6.42 Å². The van der Waals surface area contributed by atoms with E-state index in [1.54, 1.807) is 54.6 Å². The Hall–Kier alpha value is -3.35. The fourth-order valence-corrected chi connectivity index (χ4v) is 2.23. The highest BCUT2D eigenvalue weighted by Crippen LogP contribution is 2.29. The third-order valence-electron chi connectivity index (χ3n) is 3.43. The number of anilines is 1.